The van der Waals surface area contributed by atoms with E-state index in [0.717, 1.165) is 16.7 Å². The van der Waals surface area contributed by atoms with Crippen LogP contribution in [0.4, 0.5) is 0 Å². The first-order chi connectivity index (χ1) is 9.70. The second-order valence-corrected chi connectivity index (χ2v) is 6.12. The van der Waals surface area contributed by atoms with Crippen molar-refractivity contribution in [2.75, 3.05) is 0 Å². The van der Waals surface area contributed by atoms with Crippen LogP contribution in [0.5, 0.6) is 11.6 Å². The van der Waals surface area contributed by atoms with E-state index in [4.69, 9.17) is 16.3 Å². The van der Waals surface area contributed by atoms with Gasteiger partial charge in [0.1, 0.15) is 5.75 Å². The van der Waals surface area contributed by atoms with E-state index in [9.17, 15) is 0 Å². The molecule has 0 bridgehead atoms. The summed E-state index contributed by atoms with van der Waals surface area (Å²) in [5.74, 6) is 1.15. The summed E-state index contributed by atoms with van der Waals surface area (Å²) < 4.78 is 6.67. The van der Waals surface area contributed by atoms with Crippen molar-refractivity contribution in [3.8, 4) is 11.6 Å². The molecule has 20 heavy (non-hydrogen) atoms. The molecule has 5 heteroatoms. The van der Waals surface area contributed by atoms with Crippen LogP contribution in [0.2, 0.25) is 5.02 Å². The maximum Gasteiger partial charge on any atom is 0.219 e. The van der Waals surface area contributed by atoms with Gasteiger partial charge < -0.3 is 10.1 Å². The zero-order valence-corrected chi connectivity index (χ0v) is 13.1. The molecule has 104 valence electrons. The molecular formula is C15H14BrClN2O. The van der Waals surface area contributed by atoms with E-state index >= 15 is 0 Å². The van der Waals surface area contributed by atoms with Crippen LogP contribution in [0.25, 0.3) is 0 Å². The minimum absolute atomic E-state index is 0.556. The summed E-state index contributed by atoms with van der Waals surface area (Å²) >= 11 is 9.51. The van der Waals surface area contributed by atoms with Gasteiger partial charge in [-0.15, -0.1) is 0 Å². The van der Waals surface area contributed by atoms with E-state index in [-0.39, 0.29) is 0 Å². The molecule has 1 saturated carbocycles. The van der Waals surface area contributed by atoms with Crippen LogP contribution in [0, 0.1) is 0 Å². The summed E-state index contributed by atoms with van der Waals surface area (Å²) in [5, 5.41) is 4.00. The third-order valence-electron chi connectivity index (χ3n) is 3.04. The second kappa shape index (κ2) is 6.12. The third-order valence-corrected chi connectivity index (χ3v) is 3.84. The number of hydrogen-bond acceptors (Lipinski definition) is 3. The molecule has 1 aromatic heterocycles. The summed E-state index contributed by atoms with van der Waals surface area (Å²) in [4.78, 5) is 4.48. The number of aromatic nitrogens is 1. The van der Waals surface area contributed by atoms with Crippen molar-refractivity contribution < 1.29 is 4.74 Å². The Morgan fingerprint density at radius 3 is 2.95 bits per heavy atom. The van der Waals surface area contributed by atoms with E-state index in [1.807, 2.05) is 30.3 Å². The molecule has 1 N–H and O–H groups in total. The van der Waals surface area contributed by atoms with Crippen LogP contribution in [-0.4, -0.2) is 11.0 Å². The molecule has 1 heterocycles. The van der Waals surface area contributed by atoms with Gasteiger partial charge in [-0.2, -0.15) is 0 Å². The Morgan fingerprint density at radius 1 is 1.30 bits per heavy atom. The van der Waals surface area contributed by atoms with E-state index in [1.165, 1.54) is 12.8 Å². The fraction of sp³-hybridized carbons (Fsp3) is 0.267. The van der Waals surface area contributed by atoms with Gasteiger partial charge in [0.15, 0.2) is 0 Å². The van der Waals surface area contributed by atoms with Crippen LogP contribution >= 0.6 is 27.5 Å². The Morgan fingerprint density at radius 2 is 2.15 bits per heavy atom. The first-order valence-electron chi connectivity index (χ1n) is 6.53. The van der Waals surface area contributed by atoms with Crippen LogP contribution in [0.1, 0.15) is 18.5 Å². The predicted octanol–water partition coefficient (Wildman–Crippen LogP) is 4.54. The minimum atomic E-state index is 0.556. The lowest BCUT2D eigenvalue weighted by Gasteiger charge is -2.09. The van der Waals surface area contributed by atoms with Crippen LogP contribution in [0.15, 0.2) is 40.9 Å². The average Bonchev–Trinajstić information content (AvgIpc) is 3.25. The zero-order chi connectivity index (χ0) is 13.9. The van der Waals surface area contributed by atoms with Gasteiger partial charge in [0.2, 0.25) is 5.88 Å². The third kappa shape index (κ3) is 3.72. The van der Waals surface area contributed by atoms with Crippen molar-refractivity contribution in [2.45, 2.75) is 25.4 Å². The molecule has 0 atom stereocenters. The van der Waals surface area contributed by atoms with E-state index < -0.39 is 0 Å². The smallest absolute Gasteiger partial charge is 0.219 e. The van der Waals surface area contributed by atoms with Crippen molar-refractivity contribution in [3.05, 3.63) is 51.6 Å². The number of benzene rings is 1. The number of ether oxygens (including phenoxy) is 1. The Hall–Kier alpha value is -1.10. The lowest BCUT2D eigenvalue weighted by atomic mass is 10.3. The Labute approximate surface area is 131 Å². The van der Waals surface area contributed by atoms with Crippen LogP contribution in [-0.2, 0) is 6.54 Å². The summed E-state index contributed by atoms with van der Waals surface area (Å²) in [6, 6.07) is 11.9. The maximum absolute atomic E-state index is 6.11. The number of nitrogens with zero attached hydrogens (tertiary/aromatic N) is 1. The fourth-order valence-electron chi connectivity index (χ4n) is 1.82. The van der Waals surface area contributed by atoms with Crippen molar-refractivity contribution >= 4 is 27.5 Å². The Bertz CT molecular complexity index is 617. The maximum atomic E-state index is 6.11. The largest absolute Gasteiger partial charge is 0.437 e. The van der Waals surface area contributed by atoms with Crippen molar-refractivity contribution in [1.29, 1.82) is 0 Å². The minimum Gasteiger partial charge on any atom is -0.437 e. The highest BCUT2D eigenvalue weighted by atomic mass is 79.9. The lowest BCUT2D eigenvalue weighted by Crippen LogP contribution is -2.16. The zero-order valence-electron chi connectivity index (χ0n) is 10.8. The highest BCUT2D eigenvalue weighted by molar-refractivity contribution is 9.10. The number of hydrogen-bond donors (Lipinski definition) is 1. The van der Waals surface area contributed by atoms with Crippen molar-refractivity contribution in [2.24, 2.45) is 0 Å². The van der Waals surface area contributed by atoms with E-state index in [2.05, 4.69) is 26.2 Å². The highest BCUT2D eigenvalue weighted by Crippen LogP contribution is 2.31. The first-order valence-corrected chi connectivity index (χ1v) is 7.70. The molecule has 1 aliphatic carbocycles. The summed E-state index contributed by atoms with van der Waals surface area (Å²) in [5.41, 5.74) is 0.973. The highest BCUT2D eigenvalue weighted by Gasteiger charge is 2.20. The number of halogens is 2. The summed E-state index contributed by atoms with van der Waals surface area (Å²) in [7, 11) is 0. The Balaban J connectivity index is 1.72. The van der Waals surface area contributed by atoms with Gasteiger partial charge in [0.05, 0.1) is 10.7 Å². The average molecular weight is 354 g/mol. The standard InChI is InChI=1S/C15H14BrClN2O/c16-10-4-7-13(17)14(8-10)20-15-3-1-2-12(19-15)9-18-11-5-6-11/h1-4,7-8,11,18H,5-6,9H2. The van der Waals surface area contributed by atoms with Crippen molar-refractivity contribution in [1.82, 2.24) is 10.3 Å². The molecule has 0 saturated heterocycles. The van der Waals surface area contributed by atoms with Gasteiger partial charge in [0.25, 0.3) is 0 Å². The quantitative estimate of drug-likeness (QED) is 0.857. The topological polar surface area (TPSA) is 34.1 Å². The molecule has 3 rings (SSSR count). The molecule has 2 aromatic rings. The monoisotopic (exact) mass is 352 g/mol. The summed E-state index contributed by atoms with van der Waals surface area (Å²) in [6.45, 7) is 0.772. The SMILES string of the molecule is Clc1ccc(Br)cc1Oc1cccc(CNC2CC2)n1. The molecule has 0 spiro atoms. The van der Waals surface area contributed by atoms with Gasteiger partial charge >= 0.3 is 0 Å². The summed E-state index contributed by atoms with van der Waals surface area (Å²) in [6.07, 6.45) is 2.54. The molecule has 1 fully saturated rings. The van der Waals surface area contributed by atoms with Crippen LogP contribution in [0.3, 0.4) is 0 Å². The van der Waals surface area contributed by atoms with Gasteiger partial charge in [-0.1, -0.05) is 33.6 Å². The normalized spacial score (nSPS) is 14.3. The molecule has 0 amide bonds. The number of rotatable bonds is 5. The Kier molecular flexibility index (Phi) is 4.24. The first kappa shape index (κ1) is 13.9. The lowest BCUT2D eigenvalue weighted by molar-refractivity contribution is 0.459. The molecule has 1 aliphatic rings. The number of pyridine rings is 1. The van der Waals surface area contributed by atoms with Gasteiger partial charge in [-0.05, 0) is 37.1 Å². The molecule has 0 aliphatic heterocycles. The van der Waals surface area contributed by atoms with Gasteiger partial charge in [0, 0.05) is 23.1 Å². The predicted molar refractivity (Wildman–Crippen MR) is 83.3 cm³/mol. The number of nitrogens with one attached hydrogen (secondary N) is 1. The van der Waals surface area contributed by atoms with E-state index in [0.29, 0.717) is 22.7 Å². The molecule has 1 aromatic carbocycles. The second-order valence-electron chi connectivity index (χ2n) is 4.80. The molecule has 0 radical (unpaired) electrons. The molecular weight excluding hydrogens is 340 g/mol. The van der Waals surface area contributed by atoms with Gasteiger partial charge in [-0.25, -0.2) is 4.98 Å². The van der Waals surface area contributed by atoms with Crippen LogP contribution < -0.4 is 10.1 Å². The molecule has 0 unspecified atom stereocenters. The fourth-order valence-corrected chi connectivity index (χ4v) is 2.31. The van der Waals surface area contributed by atoms with E-state index in [1.54, 1.807) is 6.07 Å². The molecule has 3 nitrogen and oxygen atoms in total. The van der Waals surface area contributed by atoms with Gasteiger partial charge in [-0.3, -0.25) is 0 Å². The van der Waals surface area contributed by atoms with Crippen molar-refractivity contribution in [3.63, 3.8) is 0 Å².